The lowest BCUT2D eigenvalue weighted by Crippen LogP contribution is -2.35. The molecule has 0 fully saturated rings. The monoisotopic (exact) mass is 481 g/mol. The molecule has 180 valence electrons. The summed E-state index contributed by atoms with van der Waals surface area (Å²) in [6, 6.07) is 41.1. The molecule has 0 spiro atoms. The Balaban J connectivity index is 1.50. The van der Waals surface area contributed by atoms with Gasteiger partial charge in [0.15, 0.2) is 0 Å². The van der Waals surface area contributed by atoms with E-state index >= 15 is 0 Å². The lowest BCUT2D eigenvalue weighted by molar-refractivity contribution is 0.112. The van der Waals surface area contributed by atoms with Crippen LogP contribution < -0.4 is 9.64 Å². The number of hydrogen-bond acceptors (Lipinski definition) is 3. The van der Waals surface area contributed by atoms with Gasteiger partial charge in [-0.3, -0.25) is 0 Å². The van der Waals surface area contributed by atoms with Gasteiger partial charge in [-0.2, -0.15) is 0 Å². The van der Waals surface area contributed by atoms with Gasteiger partial charge in [-0.15, -0.1) is 0 Å². The molecular formula is C34H27NO2. The minimum absolute atomic E-state index is 0.270. The summed E-state index contributed by atoms with van der Waals surface area (Å²) in [6.07, 6.45) is 0. The second-order valence-corrected chi connectivity index (χ2v) is 10.3. The summed E-state index contributed by atoms with van der Waals surface area (Å²) in [5, 5.41) is 12.6. The van der Waals surface area contributed by atoms with E-state index in [0.717, 1.165) is 28.1 Å². The maximum atomic E-state index is 12.6. The Labute approximate surface area is 217 Å². The van der Waals surface area contributed by atoms with E-state index in [2.05, 4.69) is 85.5 Å². The van der Waals surface area contributed by atoms with Crippen molar-refractivity contribution in [1.29, 1.82) is 0 Å². The van der Waals surface area contributed by atoms with Gasteiger partial charge >= 0.3 is 0 Å². The molecule has 2 heterocycles. The Morgan fingerprint density at radius 3 is 1.78 bits per heavy atom. The maximum Gasteiger partial charge on any atom is 0.147 e. The lowest BCUT2D eigenvalue weighted by Gasteiger charge is -2.43. The highest BCUT2D eigenvalue weighted by Crippen LogP contribution is 2.55. The van der Waals surface area contributed by atoms with Crippen molar-refractivity contribution >= 4 is 17.1 Å². The number of rotatable bonds is 2. The van der Waals surface area contributed by atoms with Crippen molar-refractivity contribution in [2.75, 3.05) is 4.90 Å². The molecule has 0 saturated carbocycles. The van der Waals surface area contributed by atoms with E-state index in [4.69, 9.17) is 4.74 Å². The van der Waals surface area contributed by atoms with Crippen LogP contribution in [-0.2, 0) is 11.0 Å². The SMILES string of the molecule is CC1(C)c2ccccc2N(c2ccccc2)c2ccc(C3(O)c4ccccc4Oc4ccccc43)cc21. The van der Waals surface area contributed by atoms with Crippen LogP contribution in [0.15, 0.2) is 121 Å². The zero-order chi connectivity index (χ0) is 25.2. The summed E-state index contributed by atoms with van der Waals surface area (Å²) in [7, 11) is 0. The largest absolute Gasteiger partial charge is 0.457 e. The third-order valence-electron chi connectivity index (χ3n) is 7.93. The predicted molar refractivity (Wildman–Crippen MR) is 148 cm³/mol. The number of aliphatic hydroxyl groups is 1. The van der Waals surface area contributed by atoms with Crippen LogP contribution in [0.4, 0.5) is 17.1 Å². The first-order valence-electron chi connectivity index (χ1n) is 12.7. The summed E-state index contributed by atoms with van der Waals surface area (Å²) < 4.78 is 6.20. The summed E-state index contributed by atoms with van der Waals surface area (Å²) in [5.74, 6) is 1.36. The average molecular weight is 482 g/mol. The lowest BCUT2D eigenvalue weighted by atomic mass is 9.70. The molecular weight excluding hydrogens is 454 g/mol. The Kier molecular flexibility index (Phi) is 4.63. The van der Waals surface area contributed by atoms with Crippen molar-refractivity contribution < 1.29 is 9.84 Å². The summed E-state index contributed by atoms with van der Waals surface area (Å²) >= 11 is 0. The molecule has 3 nitrogen and oxygen atoms in total. The van der Waals surface area contributed by atoms with Crippen LogP contribution in [0.25, 0.3) is 0 Å². The highest BCUT2D eigenvalue weighted by Gasteiger charge is 2.44. The standard InChI is InChI=1S/C34H27NO2/c1-33(2)25-14-6-9-17-29(25)35(24-12-4-3-5-13-24)30-21-20-23(22-28(30)33)34(36)26-15-7-10-18-31(26)37-32-19-11-8-16-27(32)34/h3-22,36H,1-2H3. The van der Waals surface area contributed by atoms with E-state index in [1.165, 1.54) is 16.8 Å². The van der Waals surface area contributed by atoms with Crippen molar-refractivity contribution in [3.05, 3.63) is 149 Å². The molecule has 2 aliphatic rings. The normalized spacial score (nSPS) is 16.0. The fourth-order valence-electron chi connectivity index (χ4n) is 6.07. The molecule has 0 atom stereocenters. The van der Waals surface area contributed by atoms with Crippen molar-refractivity contribution in [3.8, 4) is 11.5 Å². The quantitative estimate of drug-likeness (QED) is 0.276. The molecule has 5 aromatic rings. The van der Waals surface area contributed by atoms with Crippen LogP contribution >= 0.6 is 0 Å². The van der Waals surface area contributed by atoms with Gasteiger partial charge in [0.05, 0.1) is 11.4 Å². The van der Waals surface area contributed by atoms with Crippen LogP contribution in [0, 0.1) is 0 Å². The molecule has 0 saturated heterocycles. The van der Waals surface area contributed by atoms with Gasteiger partial charge in [0.2, 0.25) is 0 Å². The minimum Gasteiger partial charge on any atom is -0.457 e. The van der Waals surface area contributed by atoms with Crippen molar-refractivity contribution in [1.82, 2.24) is 0 Å². The average Bonchev–Trinajstić information content (AvgIpc) is 2.94. The van der Waals surface area contributed by atoms with Gasteiger partial charge in [0, 0.05) is 22.2 Å². The van der Waals surface area contributed by atoms with Gasteiger partial charge in [-0.1, -0.05) is 92.7 Å². The number of fused-ring (bicyclic) bond motifs is 4. The van der Waals surface area contributed by atoms with Gasteiger partial charge in [-0.05, 0) is 59.2 Å². The van der Waals surface area contributed by atoms with Gasteiger partial charge < -0.3 is 14.7 Å². The molecule has 7 rings (SSSR count). The highest BCUT2D eigenvalue weighted by atomic mass is 16.5. The molecule has 0 amide bonds. The van der Waals surface area contributed by atoms with Crippen LogP contribution in [0.3, 0.4) is 0 Å². The zero-order valence-corrected chi connectivity index (χ0v) is 20.8. The molecule has 0 radical (unpaired) electrons. The topological polar surface area (TPSA) is 32.7 Å². The molecule has 1 N–H and O–H groups in total. The van der Waals surface area contributed by atoms with Crippen molar-refractivity contribution in [2.24, 2.45) is 0 Å². The smallest absolute Gasteiger partial charge is 0.147 e. The second kappa shape index (κ2) is 7.83. The molecule has 2 aliphatic heterocycles. The molecule has 3 heteroatoms. The number of nitrogens with zero attached hydrogens (tertiary/aromatic N) is 1. The van der Waals surface area contributed by atoms with Crippen LogP contribution in [0.1, 0.15) is 41.7 Å². The van der Waals surface area contributed by atoms with Crippen LogP contribution in [0.2, 0.25) is 0 Å². The fraction of sp³-hybridized carbons (Fsp3) is 0.118. The molecule has 0 aliphatic carbocycles. The van der Waals surface area contributed by atoms with E-state index in [1.54, 1.807) is 0 Å². The van der Waals surface area contributed by atoms with Gasteiger partial charge in [0.25, 0.3) is 0 Å². The Morgan fingerprint density at radius 2 is 1.11 bits per heavy atom. The van der Waals surface area contributed by atoms with Crippen molar-refractivity contribution in [2.45, 2.75) is 24.9 Å². The van der Waals surface area contributed by atoms with Gasteiger partial charge in [-0.25, -0.2) is 0 Å². The summed E-state index contributed by atoms with van der Waals surface area (Å²) in [4.78, 5) is 2.33. The first kappa shape index (κ1) is 21.9. The van der Waals surface area contributed by atoms with E-state index in [1.807, 2.05) is 54.6 Å². The molecule has 0 aromatic heterocycles. The first-order valence-corrected chi connectivity index (χ1v) is 12.7. The van der Waals surface area contributed by atoms with Crippen LogP contribution in [0.5, 0.6) is 11.5 Å². The highest BCUT2D eigenvalue weighted by molar-refractivity contribution is 5.86. The van der Waals surface area contributed by atoms with E-state index < -0.39 is 5.60 Å². The molecule has 0 bridgehead atoms. The summed E-state index contributed by atoms with van der Waals surface area (Å²) in [6.45, 7) is 4.54. The molecule has 37 heavy (non-hydrogen) atoms. The third kappa shape index (κ3) is 3.04. The molecule has 0 unspecified atom stereocenters. The summed E-state index contributed by atoms with van der Waals surface area (Å²) in [5.41, 5.74) is 6.56. The first-order chi connectivity index (χ1) is 18.0. The second-order valence-electron chi connectivity index (χ2n) is 10.3. The third-order valence-corrected chi connectivity index (χ3v) is 7.93. The Morgan fingerprint density at radius 1 is 0.568 bits per heavy atom. The van der Waals surface area contributed by atoms with E-state index in [0.29, 0.717) is 11.5 Å². The number of ether oxygens (including phenoxy) is 1. The Hall–Kier alpha value is -4.34. The van der Waals surface area contributed by atoms with Crippen LogP contribution in [-0.4, -0.2) is 5.11 Å². The Bertz CT molecular complexity index is 1610. The van der Waals surface area contributed by atoms with Crippen molar-refractivity contribution in [3.63, 3.8) is 0 Å². The van der Waals surface area contributed by atoms with Gasteiger partial charge in [0.1, 0.15) is 17.1 Å². The maximum absolute atomic E-state index is 12.6. The zero-order valence-electron chi connectivity index (χ0n) is 20.8. The van der Waals surface area contributed by atoms with E-state index in [9.17, 15) is 5.11 Å². The molecule has 5 aromatic carbocycles. The minimum atomic E-state index is -1.34. The fourth-order valence-corrected chi connectivity index (χ4v) is 6.07. The predicted octanol–water partition coefficient (Wildman–Crippen LogP) is 8.19. The number of anilines is 3. The number of benzene rings is 5. The number of para-hydroxylation sites is 4. The number of hydrogen-bond donors (Lipinski definition) is 1. The van der Waals surface area contributed by atoms with E-state index in [-0.39, 0.29) is 5.41 Å².